The smallest absolute Gasteiger partial charge is 0.295 e. The van der Waals surface area contributed by atoms with E-state index in [9.17, 15) is 14.7 Å². The van der Waals surface area contributed by atoms with E-state index in [0.717, 1.165) is 24.2 Å². The number of carbonyl (C=O) groups is 2. The average molecular weight is 445 g/mol. The Morgan fingerprint density at radius 2 is 1.67 bits per heavy atom. The molecular formula is C26H28N4O3. The van der Waals surface area contributed by atoms with Crippen molar-refractivity contribution in [2.45, 2.75) is 19.4 Å². The first-order valence-corrected chi connectivity index (χ1v) is 11.1. The number of aromatic nitrogens is 2. The molecule has 1 aliphatic rings. The number of likely N-dealkylation sites (tertiary alicyclic amines) is 1. The molecule has 170 valence electrons. The van der Waals surface area contributed by atoms with Gasteiger partial charge in [0.15, 0.2) is 0 Å². The molecule has 0 saturated carbocycles. The topological polar surface area (TPSA) is 82.7 Å². The molecule has 1 amide bonds. The Kier molecular flexibility index (Phi) is 6.42. The predicted octanol–water partition coefficient (Wildman–Crippen LogP) is 0.939. The number of nitrogens with one attached hydrogen (secondary N) is 1. The molecule has 2 aromatic carbocycles. The number of nitrogens with zero attached hydrogens (tertiary/aromatic N) is 3. The number of hydrogen-bond donors (Lipinski definition) is 1. The Labute approximate surface area is 193 Å². The predicted molar refractivity (Wildman–Crippen MR) is 123 cm³/mol. The van der Waals surface area contributed by atoms with E-state index in [1.807, 2.05) is 74.8 Å². The number of quaternary nitrogens is 1. The average Bonchev–Trinajstić information content (AvgIpc) is 3.32. The highest BCUT2D eigenvalue weighted by Crippen LogP contribution is 2.39. The zero-order valence-electron chi connectivity index (χ0n) is 19.1. The van der Waals surface area contributed by atoms with Gasteiger partial charge in [0, 0.05) is 29.8 Å². The molecule has 1 atom stereocenters. The van der Waals surface area contributed by atoms with Gasteiger partial charge in [-0.15, -0.1) is 0 Å². The molecule has 7 nitrogen and oxygen atoms in total. The second-order valence-corrected chi connectivity index (χ2v) is 8.59. The van der Waals surface area contributed by atoms with Crippen LogP contribution in [0.1, 0.15) is 29.3 Å². The number of Topliss-reactive ketones (excluding diaryl/α,β-unsaturated/α-hetero) is 1. The minimum absolute atomic E-state index is 0.000823. The minimum atomic E-state index is -0.724. The fraction of sp³-hybridized carbons (Fsp3) is 0.269. The summed E-state index contributed by atoms with van der Waals surface area (Å²) in [5.74, 6) is -1.78. The zero-order valence-corrected chi connectivity index (χ0v) is 19.1. The summed E-state index contributed by atoms with van der Waals surface area (Å²) < 4.78 is 1.67. The lowest BCUT2D eigenvalue weighted by Crippen LogP contribution is -3.05. The van der Waals surface area contributed by atoms with Crippen molar-refractivity contribution in [3.05, 3.63) is 89.3 Å². The van der Waals surface area contributed by atoms with Crippen molar-refractivity contribution in [2.24, 2.45) is 0 Å². The van der Waals surface area contributed by atoms with E-state index < -0.39 is 23.5 Å². The summed E-state index contributed by atoms with van der Waals surface area (Å²) >= 11 is 0. The summed E-state index contributed by atoms with van der Waals surface area (Å²) in [6, 6.07) is 18.1. The van der Waals surface area contributed by atoms with E-state index >= 15 is 0 Å². The van der Waals surface area contributed by atoms with Crippen molar-refractivity contribution in [3.8, 4) is 5.69 Å². The first kappa shape index (κ1) is 22.5. The van der Waals surface area contributed by atoms with Crippen molar-refractivity contribution >= 4 is 17.4 Å². The summed E-state index contributed by atoms with van der Waals surface area (Å²) in [5.41, 5.74) is 2.53. The third kappa shape index (κ3) is 4.32. The lowest BCUT2D eigenvalue weighted by atomic mass is 9.95. The SMILES string of the molecule is Cc1c(/C([O-])=C2\C(=O)C(=O)N(CCC[NH+](C)C)C2c2ccccc2)cnn1-c1ccccc1. The molecule has 0 radical (unpaired) electrons. The Morgan fingerprint density at radius 1 is 1.03 bits per heavy atom. The molecule has 7 heteroatoms. The van der Waals surface area contributed by atoms with Gasteiger partial charge in [0.25, 0.3) is 5.91 Å². The van der Waals surface area contributed by atoms with Gasteiger partial charge in [-0.05, 0) is 24.6 Å². The maximum Gasteiger partial charge on any atom is 0.295 e. The van der Waals surface area contributed by atoms with Gasteiger partial charge in [0.05, 0.1) is 38.6 Å². The maximum atomic E-state index is 13.7. The first-order valence-electron chi connectivity index (χ1n) is 11.1. The maximum absolute atomic E-state index is 13.7. The van der Waals surface area contributed by atoms with Crippen LogP contribution >= 0.6 is 0 Å². The monoisotopic (exact) mass is 444 g/mol. The first-order chi connectivity index (χ1) is 15.9. The Bertz CT molecular complexity index is 1180. The van der Waals surface area contributed by atoms with Crippen molar-refractivity contribution in [2.75, 3.05) is 27.2 Å². The lowest BCUT2D eigenvalue weighted by Gasteiger charge is -2.27. The van der Waals surface area contributed by atoms with Gasteiger partial charge in [-0.1, -0.05) is 54.3 Å². The van der Waals surface area contributed by atoms with Crippen LogP contribution in [0.2, 0.25) is 0 Å². The van der Waals surface area contributed by atoms with Crippen LogP contribution in [0, 0.1) is 6.92 Å². The molecule has 1 N–H and O–H groups in total. The van der Waals surface area contributed by atoms with Crippen molar-refractivity contribution < 1.29 is 19.6 Å². The highest BCUT2D eigenvalue weighted by Gasteiger charge is 2.44. The normalized spacial score (nSPS) is 17.8. The molecule has 1 fully saturated rings. The van der Waals surface area contributed by atoms with Gasteiger partial charge in [-0.2, -0.15) is 5.10 Å². The lowest BCUT2D eigenvalue weighted by molar-refractivity contribution is -0.858. The zero-order chi connectivity index (χ0) is 23.5. The summed E-state index contributed by atoms with van der Waals surface area (Å²) in [6.45, 7) is 3.06. The van der Waals surface area contributed by atoms with Gasteiger partial charge in [0.1, 0.15) is 0 Å². The largest absolute Gasteiger partial charge is 0.872 e. The van der Waals surface area contributed by atoms with Crippen LogP contribution < -0.4 is 10.0 Å². The molecule has 0 aliphatic carbocycles. The highest BCUT2D eigenvalue weighted by atomic mass is 16.3. The van der Waals surface area contributed by atoms with E-state index in [1.165, 1.54) is 11.1 Å². The van der Waals surface area contributed by atoms with Gasteiger partial charge in [-0.3, -0.25) is 9.59 Å². The number of amides is 1. The second-order valence-electron chi connectivity index (χ2n) is 8.59. The number of rotatable bonds is 7. The minimum Gasteiger partial charge on any atom is -0.872 e. The van der Waals surface area contributed by atoms with Crippen molar-refractivity contribution in [1.29, 1.82) is 0 Å². The molecule has 1 saturated heterocycles. The Balaban J connectivity index is 1.79. The third-order valence-corrected chi connectivity index (χ3v) is 5.98. The second kappa shape index (κ2) is 9.42. The number of ketones is 1. The van der Waals surface area contributed by atoms with Crippen LogP contribution in [0.15, 0.2) is 72.4 Å². The van der Waals surface area contributed by atoms with Crippen molar-refractivity contribution in [3.63, 3.8) is 0 Å². The van der Waals surface area contributed by atoms with Crippen LogP contribution in [0.25, 0.3) is 11.4 Å². The van der Waals surface area contributed by atoms with E-state index in [0.29, 0.717) is 17.8 Å². The van der Waals surface area contributed by atoms with E-state index in [4.69, 9.17) is 0 Å². The number of benzene rings is 2. The van der Waals surface area contributed by atoms with Gasteiger partial charge in [-0.25, -0.2) is 4.68 Å². The summed E-state index contributed by atoms with van der Waals surface area (Å²) in [7, 11) is 4.08. The summed E-state index contributed by atoms with van der Waals surface area (Å²) in [6.07, 6.45) is 2.21. The standard InChI is InChI=1S/C26H28N4O3/c1-18-21(17-27-30(18)20-13-8-5-9-14-20)24(31)22-23(19-11-6-4-7-12-19)29(26(33)25(22)32)16-10-15-28(2)3/h4-9,11-14,17,23,31H,10,15-16H2,1-3H3/b24-22+. The third-order valence-electron chi connectivity index (χ3n) is 5.98. The summed E-state index contributed by atoms with van der Waals surface area (Å²) in [5, 5.41) is 18.1. The number of para-hydroxylation sites is 1. The van der Waals surface area contributed by atoms with Crippen LogP contribution in [0.3, 0.4) is 0 Å². The number of hydrogen-bond acceptors (Lipinski definition) is 4. The van der Waals surface area contributed by atoms with Gasteiger partial charge < -0.3 is 14.9 Å². The molecule has 0 spiro atoms. The van der Waals surface area contributed by atoms with Crippen LogP contribution in [-0.4, -0.2) is 53.6 Å². The van der Waals surface area contributed by atoms with Gasteiger partial charge in [0.2, 0.25) is 5.78 Å². The van der Waals surface area contributed by atoms with Crippen LogP contribution in [0.5, 0.6) is 0 Å². The molecule has 0 bridgehead atoms. The molecular weight excluding hydrogens is 416 g/mol. The fourth-order valence-electron chi connectivity index (χ4n) is 4.29. The van der Waals surface area contributed by atoms with Gasteiger partial charge >= 0.3 is 0 Å². The van der Waals surface area contributed by atoms with Crippen LogP contribution in [0.4, 0.5) is 0 Å². The molecule has 1 unspecified atom stereocenters. The highest BCUT2D eigenvalue weighted by molar-refractivity contribution is 6.46. The van der Waals surface area contributed by atoms with E-state index in [2.05, 4.69) is 5.10 Å². The fourth-order valence-corrected chi connectivity index (χ4v) is 4.29. The van der Waals surface area contributed by atoms with E-state index in [-0.39, 0.29) is 5.57 Å². The van der Waals surface area contributed by atoms with Crippen LogP contribution in [-0.2, 0) is 9.59 Å². The molecule has 1 aromatic heterocycles. The number of carbonyl (C=O) groups excluding carboxylic acids is 2. The Hall–Kier alpha value is -3.71. The van der Waals surface area contributed by atoms with E-state index in [1.54, 1.807) is 16.5 Å². The molecule has 4 rings (SSSR count). The summed E-state index contributed by atoms with van der Waals surface area (Å²) in [4.78, 5) is 28.9. The molecule has 3 aromatic rings. The van der Waals surface area contributed by atoms with Crippen molar-refractivity contribution in [1.82, 2.24) is 14.7 Å². The quantitative estimate of drug-likeness (QED) is 0.334. The molecule has 2 heterocycles. The Morgan fingerprint density at radius 3 is 2.30 bits per heavy atom. The molecule has 1 aliphatic heterocycles. The molecule has 33 heavy (non-hydrogen) atoms.